The predicted molar refractivity (Wildman–Crippen MR) is 64.2 cm³/mol. The molecule has 94 valence electrons. The third-order valence-corrected chi connectivity index (χ3v) is 2.67. The Balaban J connectivity index is 1.83. The molecule has 0 aromatic heterocycles. The molecule has 0 aromatic carbocycles. The van der Waals surface area contributed by atoms with Gasteiger partial charge in [0.15, 0.2) is 6.29 Å². The highest BCUT2D eigenvalue weighted by Gasteiger charge is 2.12. The first kappa shape index (κ1) is 13.7. The second-order valence-electron chi connectivity index (χ2n) is 4.15. The Bertz CT molecular complexity index is 174. The predicted octanol–water partition coefficient (Wildman–Crippen LogP) is 2.64. The highest BCUT2D eigenvalue weighted by atomic mass is 16.7. The maximum atomic E-state index is 8.57. The molecule has 16 heavy (non-hydrogen) atoms. The van der Waals surface area contributed by atoms with Crippen molar-refractivity contribution in [3.8, 4) is 0 Å². The van der Waals surface area contributed by atoms with E-state index < -0.39 is 0 Å². The molecule has 1 unspecified atom stereocenters. The summed E-state index contributed by atoms with van der Waals surface area (Å²) in [6.07, 6.45) is 11.8. The van der Waals surface area contributed by atoms with E-state index in [9.17, 15) is 0 Å². The van der Waals surface area contributed by atoms with E-state index in [1.807, 2.05) is 6.08 Å². The van der Waals surface area contributed by atoms with E-state index in [1.54, 1.807) is 0 Å². The first-order valence-corrected chi connectivity index (χ1v) is 6.42. The SMILES string of the molecule is OCC/C=C/CCCCOC1CCCCO1. The van der Waals surface area contributed by atoms with Crippen LogP contribution in [-0.4, -0.2) is 31.2 Å². The Morgan fingerprint density at radius 1 is 1.19 bits per heavy atom. The van der Waals surface area contributed by atoms with Crippen molar-refractivity contribution >= 4 is 0 Å². The number of hydrogen-bond acceptors (Lipinski definition) is 3. The van der Waals surface area contributed by atoms with E-state index in [0.717, 1.165) is 45.3 Å². The van der Waals surface area contributed by atoms with Crippen molar-refractivity contribution in [1.82, 2.24) is 0 Å². The summed E-state index contributed by atoms with van der Waals surface area (Å²) in [6, 6.07) is 0. The molecular formula is C13H24O3. The van der Waals surface area contributed by atoms with Crippen LogP contribution < -0.4 is 0 Å². The number of rotatable bonds is 8. The lowest BCUT2D eigenvalue weighted by atomic mass is 10.2. The molecule has 0 saturated carbocycles. The van der Waals surface area contributed by atoms with Gasteiger partial charge in [0.1, 0.15) is 0 Å². The maximum Gasteiger partial charge on any atom is 0.157 e. The van der Waals surface area contributed by atoms with Gasteiger partial charge in [0, 0.05) is 19.8 Å². The molecule has 1 fully saturated rings. The van der Waals surface area contributed by atoms with Gasteiger partial charge in [0.25, 0.3) is 0 Å². The minimum absolute atomic E-state index is 0.0543. The molecule has 1 saturated heterocycles. The van der Waals surface area contributed by atoms with Crippen LogP contribution in [0, 0.1) is 0 Å². The number of aliphatic hydroxyl groups is 1. The minimum Gasteiger partial charge on any atom is -0.396 e. The average Bonchev–Trinajstić information content (AvgIpc) is 2.34. The molecule has 1 aliphatic heterocycles. The third-order valence-electron chi connectivity index (χ3n) is 2.67. The van der Waals surface area contributed by atoms with Crippen LogP contribution in [0.1, 0.15) is 44.9 Å². The van der Waals surface area contributed by atoms with E-state index in [4.69, 9.17) is 14.6 Å². The monoisotopic (exact) mass is 228 g/mol. The fraction of sp³-hybridized carbons (Fsp3) is 0.846. The van der Waals surface area contributed by atoms with Crippen molar-refractivity contribution in [2.24, 2.45) is 0 Å². The quantitative estimate of drug-likeness (QED) is 0.512. The summed E-state index contributed by atoms with van der Waals surface area (Å²) in [7, 11) is 0. The Labute approximate surface area is 98.4 Å². The molecule has 0 amide bonds. The molecule has 1 N–H and O–H groups in total. The molecule has 1 aliphatic rings. The standard InChI is InChI=1S/C13H24O3/c14-10-6-3-1-2-4-7-11-15-13-9-5-8-12-16-13/h1,3,13-14H,2,4-12H2/b3-1+. The molecular weight excluding hydrogens is 204 g/mol. The number of hydrogen-bond donors (Lipinski definition) is 1. The van der Waals surface area contributed by atoms with Gasteiger partial charge in [0.2, 0.25) is 0 Å². The number of unbranched alkanes of at least 4 members (excludes halogenated alkanes) is 2. The Hall–Kier alpha value is -0.380. The van der Waals surface area contributed by atoms with E-state index in [2.05, 4.69) is 6.08 Å². The first-order valence-electron chi connectivity index (χ1n) is 6.42. The highest BCUT2D eigenvalue weighted by molar-refractivity contribution is 4.80. The summed E-state index contributed by atoms with van der Waals surface area (Å²) < 4.78 is 11.1. The van der Waals surface area contributed by atoms with Crippen molar-refractivity contribution in [2.45, 2.75) is 51.2 Å². The van der Waals surface area contributed by atoms with Crippen molar-refractivity contribution in [1.29, 1.82) is 0 Å². The van der Waals surface area contributed by atoms with Gasteiger partial charge in [-0.05, 0) is 44.9 Å². The Kier molecular flexibility index (Phi) is 8.40. The molecule has 1 rings (SSSR count). The van der Waals surface area contributed by atoms with Gasteiger partial charge in [-0.15, -0.1) is 0 Å². The van der Waals surface area contributed by atoms with Crippen LogP contribution in [-0.2, 0) is 9.47 Å². The van der Waals surface area contributed by atoms with E-state index >= 15 is 0 Å². The molecule has 3 heteroatoms. The zero-order chi connectivity index (χ0) is 11.5. The fourth-order valence-corrected chi connectivity index (χ4v) is 1.73. The maximum absolute atomic E-state index is 8.57. The fourth-order valence-electron chi connectivity index (χ4n) is 1.73. The highest BCUT2D eigenvalue weighted by Crippen LogP contribution is 2.14. The van der Waals surface area contributed by atoms with Crippen molar-refractivity contribution in [2.75, 3.05) is 19.8 Å². The van der Waals surface area contributed by atoms with Crippen LogP contribution in [0.3, 0.4) is 0 Å². The molecule has 0 spiro atoms. The lowest BCUT2D eigenvalue weighted by Crippen LogP contribution is -2.22. The second kappa shape index (κ2) is 9.82. The molecule has 0 aliphatic carbocycles. The molecule has 0 bridgehead atoms. The van der Waals surface area contributed by atoms with E-state index in [1.165, 1.54) is 12.8 Å². The summed E-state index contributed by atoms with van der Waals surface area (Å²) in [6.45, 7) is 1.91. The molecule has 1 heterocycles. The van der Waals surface area contributed by atoms with E-state index in [-0.39, 0.29) is 12.9 Å². The summed E-state index contributed by atoms with van der Waals surface area (Å²) in [4.78, 5) is 0. The topological polar surface area (TPSA) is 38.7 Å². The molecule has 0 radical (unpaired) electrons. The van der Waals surface area contributed by atoms with Crippen molar-refractivity contribution < 1.29 is 14.6 Å². The zero-order valence-corrected chi connectivity index (χ0v) is 10.1. The molecule has 1 atom stereocenters. The summed E-state index contributed by atoms with van der Waals surface area (Å²) >= 11 is 0. The second-order valence-corrected chi connectivity index (χ2v) is 4.15. The Morgan fingerprint density at radius 3 is 2.81 bits per heavy atom. The van der Waals surface area contributed by atoms with Gasteiger partial charge in [-0.1, -0.05) is 12.2 Å². The summed E-state index contributed by atoms with van der Waals surface area (Å²) in [5, 5.41) is 8.57. The van der Waals surface area contributed by atoms with Gasteiger partial charge in [-0.25, -0.2) is 0 Å². The summed E-state index contributed by atoms with van der Waals surface area (Å²) in [5.74, 6) is 0. The molecule has 0 aromatic rings. The first-order chi connectivity index (χ1) is 7.93. The van der Waals surface area contributed by atoms with Crippen LogP contribution >= 0.6 is 0 Å². The Morgan fingerprint density at radius 2 is 2.06 bits per heavy atom. The average molecular weight is 228 g/mol. The third kappa shape index (κ3) is 6.99. The van der Waals surface area contributed by atoms with Crippen LogP contribution in [0.4, 0.5) is 0 Å². The molecule has 3 nitrogen and oxygen atoms in total. The van der Waals surface area contributed by atoms with Gasteiger partial charge in [-0.3, -0.25) is 0 Å². The van der Waals surface area contributed by atoms with Gasteiger partial charge >= 0.3 is 0 Å². The minimum atomic E-state index is 0.0543. The van der Waals surface area contributed by atoms with Gasteiger partial charge < -0.3 is 14.6 Å². The largest absolute Gasteiger partial charge is 0.396 e. The van der Waals surface area contributed by atoms with Crippen LogP contribution in [0.2, 0.25) is 0 Å². The zero-order valence-electron chi connectivity index (χ0n) is 10.1. The van der Waals surface area contributed by atoms with Crippen LogP contribution in [0.5, 0.6) is 0 Å². The van der Waals surface area contributed by atoms with Crippen LogP contribution in [0.15, 0.2) is 12.2 Å². The lowest BCUT2D eigenvalue weighted by Gasteiger charge is -2.22. The van der Waals surface area contributed by atoms with E-state index in [0.29, 0.717) is 0 Å². The number of allylic oxidation sites excluding steroid dienone is 1. The number of ether oxygens (including phenoxy) is 2. The van der Waals surface area contributed by atoms with Crippen molar-refractivity contribution in [3.05, 3.63) is 12.2 Å². The van der Waals surface area contributed by atoms with Gasteiger partial charge in [0.05, 0.1) is 0 Å². The number of aliphatic hydroxyl groups excluding tert-OH is 1. The smallest absolute Gasteiger partial charge is 0.157 e. The van der Waals surface area contributed by atoms with Gasteiger partial charge in [-0.2, -0.15) is 0 Å². The normalized spacial score (nSPS) is 21.7. The van der Waals surface area contributed by atoms with Crippen LogP contribution in [0.25, 0.3) is 0 Å². The lowest BCUT2D eigenvalue weighted by molar-refractivity contribution is -0.162. The van der Waals surface area contributed by atoms with Crippen molar-refractivity contribution in [3.63, 3.8) is 0 Å². The summed E-state index contributed by atoms with van der Waals surface area (Å²) in [5.41, 5.74) is 0.